The van der Waals surface area contributed by atoms with Gasteiger partial charge in [-0.3, -0.25) is 4.79 Å². The Morgan fingerprint density at radius 1 is 1.29 bits per heavy atom. The number of allylic oxidation sites excluding steroid dienone is 1. The van der Waals surface area contributed by atoms with Crippen molar-refractivity contribution in [2.24, 2.45) is 0 Å². The highest BCUT2D eigenvalue weighted by Gasteiger charge is 1.93. The van der Waals surface area contributed by atoms with Crippen LogP contribution in [0.25, 0.3) is 6.08 Å². The molecule has 0 saturated carbocycles. The van der Waals surface area contributed by atoms with E-state index < -0.39 is 0 Å². The molecule has 0 saturated heterocycles. The zero-order valence-corrected chi connectivity index (χ0v) is 8.79. The van der Waals surface area contributed by atoms with Gasteiger partial charge < -0.3 is 0 Å². The van der Waals surface area contributed by atoms with Gasteiger partial charge in [0.1, 0.15) is 0 Å². The van der Waals surface area contributed by atoms with Crippen LogP contribution in [0.2, 0.25) is 0 Å². The van der Waals surface area contributed by atoms with E-state index in [1.54, 1.807) is 6.08 Å². The summed E-state index contributed by atoms with van der Waals surface area (Å²) >= 11 is 0. The van der Waals surface area contributed by atoms with Crippen LogP contribution in [-0.4, -0.2) is 5.78 Å². The molecule has 14 heavy (non-hydrogen) atoms. The second-order valence-electron chi connectivity index (χ2n) is 3.46. The second-order valence-corrected chi connectivity index (χ2v) is 3.46. The second kappa shape index (κ2) is 5.38. The van der Waals surface area contributed by atoms with Crippen molar-refractivity contribution in [1.82, 2.24) is 0 Å². The number of aryl methyl sites for hydroxylation is 1. The van der Waals surface area contributed by atoms with Gasteiger partial charge in [0.15, 0.2) is 5.78 Å². The van der Waals surface area contributed by atoms with Gasteiger partial charge in [0, 0.05) is 6.42 Å². The van der Waals surface area contributed by atoms with Gasteiger partial charge in [-0.05, 0) is 25.0 Å². The average molecular weight is 188 g/mol. The summed E-state index contributed by atoms with van der Waals surface area (Å²) in [6.45, 7) is 4.06. The molecule has 1 heteroatoms. The average Bonchev–Trinajstić information content (AvgIpc) is 2.17. The van der Waals surface area contributed by atoms with Gasteiger partial charge in [0.2, 0.25) is 0 Å². The number of rotatable bonds is 4. The molecule has 0 unspecified atom stereocenters. The predicted octanol–water partition coefficient (Wildman–Crippen LogP) is 3.38. The van der Waals surface area contributed by atoms with Crippen molar-refractivity contribution >= 4 is 11.9 Å². The highest BCUT2D eigenvalue weighted by atomic mass is 16.1. The summed E-state index contributed by atoms with van der Waals surface area (Å²) in [7, 11) is 0. The van der Waals surface area contributed by atoms with Crippen LogP contribution in [0, 0.1) is 6.92 Å². The van der Waals surface area contributed by atoms with Gasteiger partial charge >= 0.3 is 0 Å². The monoisotopic (exact) mass is 188 g/mol. The number of carbonyl (C=O) groups is 1. The fraction of sp³-hybridized carbons (Fsp3) is 0.308. The third-order valence-corrected chi connectivity index (χ3v) is 2.04. The lowest BCUT2D eigenvalue weighted by Gasteiger charge is -1.94. The molecule has 1 nitrogen and oxygen atoms in total. The summed E-state index contributed by atoms with van der Waals surface area (Å²) in [5.41, 5.74) is 2.32. The molecule has 1 rings (SSSR count). The van der Waals surface area contributed by atoms with Crippen LogP contribution in [-0.2, 0) is 4.79 Å². The zero-order valence-electron chi connectivity index (χ0n) is 8.79. The molecule has 1 aromatic rings. The minimum atomic E-state index is 0.202. The van der Waals surface area contributed by atoms with E-state index in [4.69, 9.17) is 0 Å². The number of benzene rings is 1. The van der Waals surface area contributed by atoms with E-state index in [9.17, 15) is 4.79 Å². The van der Waals surface area contributed by atoms with Crippen molar-refractivity contribution in [1.29, 1.82) is 0 Å². The fourth-order valence-corrected chi connectivity index (χ4v) is 1.20. The van der Waals surface area contributed by atoms with Gasteiger partial charge in [-0.2, -0.15) is 0 Å². The maximum atomic E-state index is 11.2. The molecule has 0 aromatic heterocycles. The Kier molecular flexibility index (Phi) is 4.11. The van der Waals surface area contributed by atoms with Crippen molar-refractivity contribution in [3.8, 4) is 0 Å². The molecule has 0 aliphatic carbocycles. The van der Waals surface area contributed by atoms with Gasteiger partial charge in [0.05, 0.1) is 0 Å². The molecule has 0 N–H and O–H groups in total. The Hall–Kier alpha value is -1.37. The number of hydrogen-bond acceptors (Lipinski definition) is 1. The van der Waals surface area contributed by atoms with Crippen molar-refractivity contribution in [3.63, 3.8) is 0 Å². The minimum Gasteiger partial charge on any atom is -0.295 e. The maximum Gasteiger partial charge on any atom is 0.155 e. The number of hydrogen-bond donors (Lipinski definition) is 0. The van der Waals surface area contributed by atoms with Crippen LogP contribution in [0.15, 0.2) is 30.3 Å². The molecule has 0 heterocycles. The summed E-state index contributed by atoms with van der Waals surface area (Å²) in [6, 6.07) is 8.13. The topological polar surface area (TPSA) is 17.1 Å². The first-order valence-electron chi connectivity index (χ1n) is 5.00. The Morgan fingerprint density at radius 2 is 1.93 bits per heavy atom. The molecular weight excluding hydrogens is 172 g/mol. The minimum absolute atomic E-state index is 0.202. The van der Waals surface area contributed by atoms with Gasteiger partial charge in [-0.1, -0.05) is 42.8 Å². The molecule has 0 bridgehead atoms. The molecule has 0 amide bonds. The molecule has 0 aliphatic heterocycles. The van der Waals surface area contributed by atoms with E-state index in [2.05, 4.69) is 6.92 Å². The van der Waals surface area contributed by atoms with Crippen LogP contribution in [0.5, 0.6) is 0 Å². The van der Waals surface area contributed by atoms with Gasteiger partial charge in [-0.25, -0.2) is 0 Å². The molecule has 0 atom stereocenters. The first kappa shape index (κ1) is 10.7. The Morgan fingerprint density at radius 3 is 2.50 bits per heavy atom. The normalized spacial score (nSPS) is 10.7. The Labute approximate surface area is 85.5 Å². The van der Waals surface area contributed by atoms with Crippen molar-refractivity contribution < 1.29 is 4.79 Å². The SMILES string of the molecule is CCCC(=O)/C=C/c1ccc(C)cc1. The van der Waals surface area contributed by atoms with E-state index in [0.717, 1.165) is 12.0 Å². The molecule has 0 aliphatic rings. The van der Waals surface area contributed by atoms with Crippen LogP contribution in [0.1, 0.15) is 30.9 Å². The highest BCUT2D eigenvalue weighted by Crippen LogP contribution is 2.05. The Balaban J connectivity index is 2.60. The number of ketones is 1. The summed E-state index contributed by atoms with van der Waals surface area (Å²) in [5, 5.41) is 0. The van der Waals surface area contributed by atoms with E-state index in [0.29, 0.717) is 6.42 Å². The first-order chi connectivity index (χ1) is 6.72. The molecule has 0 radical (unpaired) electrons. The summed E-state index contributed by atoms with van der Waals surface area (Å²) in [5.74, 6) is 0.202. The zero-order chi connectivity index (χ0) is 10.4. The van der Waals surface area contributed by atoms with Crippen molar-refractivity contribution in [3.05, 3.63) is 41.5 Å². The van der Waals surface area contributed by atoms with Gasteiger partial charge in [0.25, 0.3) is 0 Å². The first-order valence-corrected chi connectivity index (χ1v) is 5.00. The van der Waals surface area contributed by atoms with E-state index in [-0.39, 0.29) is 5.78 Å². The van der Waals surface area contributed by atoms with Gasteiger partial charge in [-0.15, -0.1) is 0 Å². The largest absolute Gasteiger partial charge is 0.295 e. The predicted molar refractivity (Wildman–Crippen MR) is 60.1 cm³/mol. The van der Waals surface area contributed by atoms with Crippen molar-refractivity contribution in [2.45, 2.75) is 26.7 Å². The molecular formula is C13H16O. The lowest BCUT2D eigenvalue weighted by atomic mass is 10.1. The fourth-order valence-electron chi connectivity index (χ4n) is 1.20. The van der Waals surface area contributed by atoms with Crippen LogP contribution >= 0.6 is 0 Å². The third-order valence-electron chi connectivity index (χ3n) is 2.04. The van der Waals surface area contributed by atoms with Crippen LogP contribution in [0.3, 0.4) is 0 Å². The Bertz CT molecular complexity index is 320. The lowest BCUT2D eigenvalue weighted by molar-refractivity contribution is -0.114. The standard InChI is InChI=1S/C13H16O/c1-3-4-13(14)10-9-12-7-5-11(2)6-8-12/h5-10H,3-4H2,1-2H3/b10-9+. The van der Waals surface area contributed by atoms with E-state index >= 15 is 0 Å². The van der Waals surface area contributed by atoms with Crippen LogP contribution < -0.4 is 0 Å². The molecule has 0 spiro atoms. The molecule has 0 fully saturated rings. The summed E-state index contributed by atoms with van der Waals surface area (Å²) in [6.07, 6.45) is 5.09. The molecule has 74 valence electrons. The highest BCUT2D eigenvalue weighted by molar-refractivity contribution is 5.93. The lowest BCUT2D eigenvalue weighted by Crippen LogP contribution is -1.89. The number of carbonyl (C=O) groups excluding carboxylic acids is 1. The summed E-state index contributed by atoms with van der Waals surface area (Å²) < 4.78 is 0. The summed E-state index contributed by atoms with van der Waals surface area (Å²) in [4.78, 5) is 11.2. The third kappa shape index (κ3) is 3.56. The van der Waals surface area contributed by atoms with E-state index in [1.807, 2.05) is 37.3 Å². The molecule has 1 aromatic carbocycles. The van der Waals surface area contributed by atoms with Crippen LogP contribution in [0.4, 0.5) is 0 Å². The van der Waals surface area contributed by atoms with E-state index in [1.165, 1.54) is 5.56 Å². The maximum absolute atomic E-state index is 11.2. The smallest absolute Gasteiger partial charge is 0.155 e. The quantitative estimate of drug-likeness (QED) is 0.662. The van der Waals surface area contributed by atoms with Crippen molar-refractivity contribution in [2.75, 3.05) is 0 Å².